The molecule has 0 amide bonds. The van der Waals surface area contributed by atoms with E-state index in [1.165, 1.54) is 11.3 Å². The van der Waals surface area contributed by atoms with Crippen molar-refractivity contribution in [2.75, 3.05) is 6.54 Å². The van der Waals surface area contributed by atoms with Crippen LogP contribution in [0.1, 0.15) is 17.8 Å². The summed E-state index contributed by atoms with van der Waals surface area (Å²) in [5.41, 5.74) is 1.58. The monoisotopic (exact) mass is 356 g/mol. The summed E-state index contributed by atoms with van der Waals surface area (Å²) < 4.78 is 0. The molecule has 1 aromatic carbocycles. The Hall–Kier alpha value is -1.14. The zero-order valence-corrected chi connectivity index (χ0v) is 14.0. The summed E-state index contributed by atoms with van der Waals surface area (Å²) in [5.74, 6) is -0.757. The molecular formula is C15H14Cl2N2O2S. The van der Waals surface area contributed by atoms with Gasteiger partial charge in [-0.2, -0.15) is 0 Å². The van der Waals surface area contributed by atoms with Gasteiger partial charge in [0.15, 0.2) is 0 Å². The minimum atomic E-state index is -0.757. The zero-order chi connectivity index (χ0) is 15.7. The van der Waals surface area contributed by atoms with Gasteiger partial charge >= 0.3 is 5.97 Å². The van der Waals surface area contributed by atoms with Crippen LogP contribution in [-0.4, -0.2) is 33.5 Å². The van der Waals surface area contributed by atoms with Gasteiger partial charge in [-0.15, -0.1) is 11.3 Å². The van der Waals surface area contributed by atoms with Crippen LogP contribution in [0.25, 0.3) is 11.3 Å². The van der Waals surface area contributed by atoms with Crippen molar-refractivity contribution < 1.29 is 9.90 Å². The largest absolute Gasteiger partial charge is 0.480 e. The first-order chi connectivity index (χ1) is 10.5. The van der Waals surface area contributed by atoms with Crippen molar-refractivity contribution in [3.63, 3.8) is 0 Å². The predicted molar refractivity (Wildman–Crippen MR) is 88.6 cm³/mol. The lowest BCUT2D eigenvalue weighted by molar-refractivity contribution is -0.142. The highest BCUT2D eigenvalue weighted by Crippen LogP contribution is 2.32. The fourth-order valence-corrected chi connectivity index (χ4v) is 3.88. The van der Waals surface area contributed by atoms with E-state index in [2.05, 4.69) is 4.98 Å². The Balaban J connectivity index is 1.79. The summed E-state index contributed by atoms with van der Waals surface area (Å²) in [4.78, 5) is 17.8. The molecule has 7 heteroatoms. The number of hydrogen-bond acceptors (Lipinski definition) is 4. The highest BCUT2D eigenvalue weighted by Gasteiger charge is 2.30. The summed E-state index contributed by atoms with van der Waals surface area (Å²) >= 11 is 13.7. The van der Waals surface area contributed by atoms with Gasteiger partial charge in [0.2, 0.25) is 0 Å². The minimum absolute atomic E-state index is 0.401. The second-order valence-electron chi connectivity index (χ2n) is 5.22. The lowest BCUT2D eigenvalue weighted by Crippen LogP contribution is -2.35. The van der Waals surface area contributed by atoms with Crippen molar-refractivity contribution in [3.05, 3.63) is 38.6 Å². The van der Waals surface area contributed by atoms with E-state index in [0.717, 1.165) is 29.2 Å². The summed E-state index contributed by atoms with van der Waals surface area (Å²) in [7, 11) is 0. The Morgan fingerprint density at radius 2 is 2.27 bits per heavy atom. The predicted octanol–water partition coefficient (Wildman–Crippen LogP) is 4.17. The van der Waals surface area contributed by atoms with Gasteiger partial charge in [-0.05, 0) is 37.6 Å². The molecule has 1 aliphatic rings. The van der Waals surface area contributed by atoms with Gasteiger partial charge in [0.05, 0.1) is 17.3 Å². The Morgan fingerprint density at radius 1 is 1.45 bits per heavy atom. The van der Waals surface area contributed by atoms with Gasteiger partial charge in [-0.25, -0.2) is 4.98 Å². The maximum Gasteiger partial charge on any atom is 0.320 e. The van der Waals surface area contributed by atoms with Gasteiger partial charge in [0.25, 0.3) is 0 Å². The third kappa shape index (κ3) is 3.27. The lowest BCUT2D eigenvalue weighted by Gasteiger charge is -2.19. The van der Waals surface area contributed by atoms with E-state index in [1.807, 2.05) is 10.3 Å². The summed E-state index contributed by atoms with van der Waals surface area (Å²) in [5, 5.41) is 13.3. The third-order valence-electron chi connectivity index (χ3n) is 3.74. The van der Waals surface area contributed by atoms with Crippen molar-refractivity contribution in [1.82, 2.24) is 9.88 Å². The standard InChI is InChI=1S/C15H14Cl2N2O2S/c16-9-3-4-11(17)10(6-9)12-8-22-14(18-12)7-19-5-1-2-13(19)15(20)21/h3-4,6,8,13H,1-2,5,7H2,(H,20,21)/t13-/m0/s1. The quantitative estimate of drug-likeness (QED) is 0.893. The average Bonchev–Trinajstić information content (AvgIpc) is 3.11. The number of rotatable bonds is 4. The van der Waals surface area contributed by atoms with Crippen LogP contribution in [0.5, 0.6) is 0 Å². The second kappa shape index (κ2) is 6.54. The number of carboxylic acids is 1. The lowest BCUT2D eigenvalue weighted by atomic mass is 10.2. The SMILES string of the molecule is O=C(O)[C@@H]1CCCN1Cc1nc(-c2cc(Cl)ccc2Cl)cs1. The van der Waals surface area contributed by atoms with Crippen LogP contribution in [0.3, 0.4) is 0 Å². The number of nitrogens with zero attached hydrogens (tertiary/aromatic N) is 2. The minimum Gasteiger partial charge on any atom is -0.480 e. The topological polar surface area (TPSA) is 53.4 Å². The van der Waals surface area contributed by atoms with E-state index in [9.17, 15) is 9.90 Å². The molecule has 1 saturated heterocycles. The van der Waals surface area contributed by atoms with Gasteiger partial charge in [-0.3, -0.25) is 9.69 Å². The molecule has 0 bridgehead atoms. The molecule has 1 atom stereocenters. The Kier molecular flexibility index (Phi) is 4.68. The van der Waals surface area contributed by atoms with Crippen LogP contribution in [-0.2, 0) is 11.3 Å². The van der Waals surface area contributed by atoms with Crippen LogP contribution in [0.2, 0.25) is 10.0 Å². The molecule has 1 aliphatic heterocycles. The number of hydrogen-bond donors (Lipinski definition) is 1. The highest BCUT2D eigenvalue weighted by atomic mass is 35.5. The first kappa shape index (κ1) is 15.7. The Morgan fingerprint density at radius 3 is 3.05 bits per heavy atom. The number of thiazole rings is 1. The van der Waals surface area contributed by atoms with Gasteiger partial charge in [0, 0.05) is 16.0 Å². The molecule has 0 unspecified atom stereocenters. The van der Waals surface area contributed by atoms with E-state index in [1.54, 1.807) is 18.2 Å². The number of aliphatic carboxylic acids is 1. The normalized spacial score (nSPS) is 18.7. The summed E-state index contributed by atoms with van der Waals surface area (Å²) in [6.45, 7) is 1.35. The first-order valence-corrected chi connectivity index (χ1v) is 8.55. The molecule has 1 aromatic heterocycles. The first-order valence-electron chi connectivity index (χ1n) is 6.91. The van der Waals surface area contributed by atoms with Gasteiger partial charge in [0.1, 0.15) is 11.0 Å². The van der Waals surface area contributed by atoms with Crippen LogP contribution in [0.4, 0.5) is 0 Å². The molecule has 22 heavy (non-hydrogen) atoms. The number of halogens is 2. The Labute approximate surface area is 142 Å². The average molecular weight is 357 g/mol. The highest BCUT2D eigenvalue weighted by molar-refractivity contribution is 7.09. The van der Waals surface area contributed by atoms with E-state index in [4.69, 9.17) is 23.2 Å². The fourth-order valence-electron chi connectivity index (χ4n) is 2.67. The van der Waals surface area contributed by atoms with Crippen LogP contribution >= 0.6 is 34.5 Å². The van der Waals surface area contributed by atoms with Gasteiger partial charge in [-0.1, -0.05) is 23.2 Å². The van der Waals surface area contributed by atoms with Gasteiger partial charge < -0.3 is 5.11 Å². The fraction of sp³-hybridized carbons (Fsp3) is 0.333. The molecule has 0 aliphatic carbocycles. The number of carbonyl (C=O) groups is 1. The smallest absolute Gasteiger partial charge is 0.320 e. The van der Waals surface area contributed by atoms with Crippen molar-refractivity contribution in [2.45, 2.75) is 25.4 Å². The van der Waals surface area contributed by atoms with Crippen molar-refractivity contribution >= 4 is 40.5 Å². The molecule has 0 radical (unpaired) electrons. The maximum atomic E-state index is 11.2. The summed E-state index contributed by atoms with van der Waals surface area (Å²) in [6, 6.07) is 4.88. The molecule has 2 heterocycles. The third-order valence-corrected chi connectivity index (χ3v) is 5.14. The van der Waals surface area contributed by atoms with Crippen LogP contribution in [0.15, 0.2) is 23.6 Å². The number of benzene rings is 1. The van der Waals surface area contributed by atoms with E-state index in [0.29, 0.717) is 23.0 Å². The number of likely N-dealkylation sites (tertiary alicyclic amines) is 1. The Bertz CT molecular complexity index is 705. The summed E-state index contributed by atoms with van der Waals surface area (Å²) in [6.07, 6.45) is 1.61. The molecule has 3 rings (SSSR count). The van der Waals surface area contributed by atoms with Crippen molar-refractivity contribution in [1.29, 1.82) is 0 Å². The molecule has 4 nitrogen and oxygen atoms in total. The van der Waals surface area contributed by atoms with Crippen LogP contribution in [0, 0.1) is 0 Å². The molecule has 0 saturated carbocycles. The van der Waals surface area contributed by atoms with Crippen molar-refractivity contribution in [3.8, 4) is 11.3 Å². The molecule has 1 fully saturated rings. The molecular weight excluding hydrogens is 343 g/mol. The molecule has 116 valence electrons. The maximum absolute atomic E-state index is 11.2. The molecule has 2 aromatic rings. The van der Waals surface area contributed by atoms with Crippen LogP contribution < -0.4 is 0 Å². The molecule has 0 spiro atoms. The van der Waals surface area contributed by atoms with Crippen molar-refractivity contribution in [2.24, 2.45) is 0 Å². The van der Waals surface area contributed by atoms with E-state index in [-0.39, 0.29) is 0 Å². The number of carboxylic acid groups (broad SMARTS) is 1. The van der Waals surface area contributed by atoms with E-state index < -0.39 is 12.0 Å². The van der Waals surface area contributed by atoms with E-state index >= 15 is 0 Å². The second-order valence-corrected chi connectivity index (χ2v) is 7.00. The number of aromatic nitrogens is 1. The zero-order valence-electron chi connectivity index (χ0n) is 11.6. The molecule has 1 N–H and O–H groups in total.